The second-order valence-electron chi connectivity index (χ2n) is 6.45. The van der Waals surface area contributed by atoms with Crippen molar-refractivity contribution in [2.75, 3.05) is 6.61 Å². The fourth-order valence-electron chi connectivity index (χ4n) is 3.06. The highest BCUT2D eigenvalue weighted by atomic mass is 35.5. The molecule has 3 rings (SSSR count). The molecule has 1 atom stereocenters. The average molecular weight is 402 g/mol. The zero-order valence-corrected chi connectivity index (χ0v) is 16.2. The Morgan fingerprint density at radius 2 is 1.93 bits per heavy atom. The molecule has 2 aromatic carbocycles. The topological polar surface area (TPSA) is 87.7 Å². The lowest BCUT2D eigenvalue weighted by Crippen LogP contribution is -2.49. The fraction of sp³-hybridized carbons (Fsp3) is 0.250. The van der Waals surface area contributed by atoms with Gasteiger partial charge in [-0.3, -0.25) is 15.0 Å². The van der Waals surface area contributed by atoms with Crippen molar-refractivity contribution < 1.29 is 19.1 Å². The normalized spacial score (nSPS) is 18.8. The van der Waals surface area contributed by atoms with Gasteiger partial charge in [-0.15, -0.1) is 0 Å². The highest BCUT2D eigenvalue weighted by Crippen LogP contribution is 2.31. The van der Waals surface area contributed by atoms with Crippen molar-refractivity contribution in [2.24, 2.45) is 0 Å². The maximum Gasteiger partial charge on any atom is 0.344 e. The van der Waals surface area contributed by atoms with Gasteiger partial charge in [-0.05, 0) is 36.6 Å². The number of nitrogens with zero attached hydrogens (tertiary/aromatic N) is 1. The first-order valence-corrected chi connectivity index (χ1v) is 9.16. The third kappa shape index (κ3) is 3.66. The monoisotopic (exact) mass is 401 g/mol. The molecule has 28 heavy (non-hydrogen) atoms. The molecule has 0 spiro atoms. The van der Waals surface area contributed by atoms with Gasteiger partial charge in [0.25, 0.3) is 11.8 Å². The van der Waals surface area contributed by atoms with E-state index in [0.717, 1.165) is 5.56 Å². The Morgan fingerprint density at radius 1 is 1.21 bits per heavy atom. The smallest absolute Gasteiger partial charge is 0.344 e. The molecule has 0 saturated carbocycles. The van der Waals surface area contributed by atoms with Crippen molar-refractivity contribution in [3.63, 3.8) is 0 Å². The van der Waals surface area contributed by atoms with Crippen LogP contribution in [0.2, 0.25) is 5.02 Å². The van der Waals surface area contributed by atoms with Crippen LogP contribution >= 0.6 is 11.6 Å². The van der Waals surface area contributed by atoms with Gasteiger partial charge in [0.15, 0.2) is 6.61 Å². The van der Waals surface area contributed by atoms with Gasteiger partial charge >= 0.3 is 6.03 Å². The Morgan fingerprint density at radius 3 is 2.61 bits per heavy atom. The molecule has 0 bridgehead atoms. The van der Waals surface area contributed by atoms with Gasteiger partial charge < -0.3 is 10.1 Å². The van der Waals surface area contributed by atoms with Crippen molar-refractivity contribution in [1.29, 1.82) is 0 Å². The first kappa shape index (κ1) is 19.7. The van der Waals surface area contributed by atoms with Gasteiger partial charge in [0, 0.05) is 0 Å². The molecular weight excluding hydrogens is 382 g/mol. The summed E-state index contributed by atoms with van der Waals surface area (Å²) < 4.78 is 5.41. The molecule has 4 amide bonds. The third-order valence-corrected chi connectivity index (χ3v) is 4.88. The van der Waals surface area contributed by atoms with Crippen LogP contribution < -0.4 is 15.5 Å². The highest BCUT2D eigenvalue weighted by molar-refractivity contribution is 6.32. The Balaban J connectivity index is 1.70. The van der Waals surface area contributed by atoms with Crippen molar-refractivity contribution >= 4 is 29.4 Å². The zero-order valence-electron chi connectivity index (χ0n) is 15.5. The number of amides is 4. The quantitative estimate of drug-likeness (QED) is 0.728. The summed E-state index contributed by atoms with van der Waals surface area (Å²) in [4.78, 5) is 37.5. The maximum absolute atomic E-state index is 12.9. The number of ether oxygens (including phenoxy) is 1. The van der Waals surface area contributed by atoms with E-state index in [1.165, 1.54) is 0 Å². The Kier molecular flexibility index (Phi) is 5.56. The molecule has 1 saturated heterocycles. The second kappa shape index (κ2) is 7.90. The van der Waals surface area contributed by atoms with E-state index in [9.17, 15) is 14.4 Å². The first-order valence-electron chi connectivity index (χ1n) is 8.78. The second-order valence-corrected chi connectivity index (χ2v) is 6.86. The fourth-order valence-corrected chi connectivity index (χ4v) is 3.23. The minimum atomic E-state index is -1.22. The van der Waals surface area contributed by atoms with E-state index < -0.39 is 30.0 Å². The van der Waals surface area contributed by atoms with Gasteiger partial charge in [-0.1, -0.05) is 54.9 Å². The lowest BCUT2D eigenvalue weighted by Gasteiger charge is -2.25. The van der Waals surface area contributed by atoms with Crippen molar-refractivity contribution in [3.8, 4) is 5.75 Å². The van der Waals surface area contributed by atoms with E-state index in [0.29, 0.717) is 27.8 Å². The standard InChI is InChI=1S/C20H20ClN3O4/c1-3-20(14-7-5-4-6-8-14)18(26)24(19(27)22-20)23-17(25)12-28-16-11-13(2)9-10-15(16)21/h4-11H,3,12H2,1-2H3,(H,22,27)(H,23,25)/t20-/m0/s1. The van der Waals surface area contributed by atoms with Crippen molar-refractivity contribution in [1.82, 2.24) is 15.8 Å². The number of carbonyl (C=O) groups excluding carboxylic acids is 3. The molecule has 8 heteroatoms. The van der Waals surface area contributed by atoms with Gasteiger partial charge in [0.05, 0.1) is 5.02 Å². The van der Waals surface area contributed by atoms with Crippen LogP contribution in [-0.2, 0) is 15.1 Å². The van der Waals surface area contributed by atoms with Crippen molar-refractivity contribution in [3.05, 3.63) is 64.7 Å². The predicted octanol–water partition coefficient (Wildman–Crippen LogP) is 2.92. The molecule has 1 heterocycles. The molecule has 0 aromatic heterocycles. The summed E-state index contributed by atoms with van der Waals surface area (Å²) >= 11 is 6.03. The number of rotatable bonds is 6. The largest absolute Gasteiger partial charge is 0.482 e. The van der Waals surface area contributed by atoms with E-state index in [1.807, 2.05) is 19.1 Å². The number of benzene rings is 2. The van der Waals surface area contributed by atoms with Crippen LogP contribution in [-0.4, -0.2) is 29.5 Å². The molecule has 0 unspecified atom stereocenters. The summed E-state index contributed by atoms with van der Waals surface area (Å²) in [6, 6.07) is 13.4. The molecule has 7 nitrogen and oxygen atoms in total. The summed E-state index contributed by atoms with van der Waals surface area (Å²) in [5.41, 5.74) is 2.66. The number of hydrogen-bond acceptors (Lipinski definition) is 4. The van der Waals surface area contributed by atoms with Gasteiger partial charge in [0.1, 0.15) is 11.3 Å². The number of hydrazine groups is 1. The van der Waals surface area contributed by atoms with Crippen LogP contribution in [0.3, 0.4) is 0 Å². The molecule has 1 aliphatic heterocycles. The number of imide groups is 1. The summed E-state index contributed by atoms with van der Waals surface area (Å²) in [5, 5.41) is 3.75. The first-order chi connectivity index (χ1) is 13.4. The van der Waals surface area contributed by atoms with Crippen molar-refractivity contribution in [2.45, 2.75) is 25.8 Å². The van der Waals surface area contributed by atoms with Crippen LogP contribution in [0.5, 0.6) is 5.75 Å². The molecule has 146 valence electrons. The molecule has 1 aliphatic rings. The van der Waals surface area contributed by atoms with E-state index in [2.05, 4.69) is 10.7 Å². The van der Waals surface area contributed by atoms with Crippen LogP contribution in [0.1, 0.15) is 24.5 Å². The number of nitrogens with one attached hydrogen (secondary N) is 2. The van der Waals surface area contributed by atoms with Crippen LogP contribution in [0.25, 0.3) is 0 Å². The van der Waals surface area contributed by atoms with Gasteiger partial charge in [-0.2, -0.15) is 5.01 Å². The molecule has 0 aliphatic carbocycles. The number of hydrogen-bond donors (Lipinski definition) is 2. The number of aryl methyl sites for hydroxylation is 1. The average Bonchev–Trinajstić information content (AvgIpc) is 2.94. The van der Waals surface area contributed by atoms with E-state index in [1.54, 1.807) is 43.3 Å². The minimum Gasteiger partial charge on any atom is -0.482 e. The molecule has 1 fully saturated rings. The highest BCUT2D eigenvalue weighted by Gasteiger charge is 2.52. The molecular formula is C20H20ClN3O4. The van der Waals surface area contributed by atoms with E-state index >= 15 is 0 Å². The van der Waals surface area contributed by atoms with Crippen LogP contribution in [0, 0.1) is 6.92 Å². The van der Waals surface area contributed by atoms with Crippen LogP contribution in [0.4, 0.5) is 4.79 Å². The minimum absolute atomic E-state index is 0.337. The number of urea groups is 1. The molecule has 2 aromatic rings. The number of halogens is 1. The van der Waals surface area contributed by atoms with E-state index in [4.69, 9.17) is 16.3 Å². The Hall–Kier alpha value is -3.06. The van der Waals surface area contributed by atoms with E-state index in [-0.39, 0.29) is 0 Å². The third-order valence-electron chi connectivity index (χ3n) is 4.57. The predicted molar refractivity (Wildman–Crippen MR) is 104 cm³/mol. The Bertz CT molecular complexity index is 919. The summed E-state index contributed by atoms with van der Waals surface area (Å²) in [6.45, 7) is 3.26. The van der Waals surface area contributed by atoms with Gasteiger partial charge in [-0.25, -0.2) is 4.79 Å². The summed E-state index contributed by atoms with van der Waals surface area (Å²) in [5.74, 6) is -0.851. The number of carbonyl (C=O) groups is 3. The summed E-state index contributed by atoms with van der Waals surface area (Å²) in [7, 11) is 0. The maximum atomic E-state index is 12.9. The van der Waals surface area contributed by atoms with Crippen LogP contribution in [0.15, 0.2) is 48.5 Å². The summed E-state index contributed by atoms with van der Waals surface area (Å²) in [6.07, 6.45) is 0.337. The zero-order chi connectivity index (χ0) is 20.3. The lowest BCUT2D eigenvalue weighted by molar-refractivity contribution is -0.140. The molecule has 0 radical (unpaired) electrons. The SMILES string of the molecule is CC[C@@]1(c2ccccc2)NC(=O)N(NC(=O)COc2cc(C)ccc2Cl)C1=O. The van der Waals surface area contributed by atoms with Gasteiger partial charge in [0.2, 0.25) is 0 Å². The Labute approximate surface area is 167 Å². The lowest BCUT2D eigenvalue weighted by atomic mass is 9.87. The molecule has 2 N–H and O–H groups in total.